The van der Waals surface area contributed by atoms with Crippen LogP contribution in [0, 0.1) is 5.41 Å². The number of hydrogen-bond acceptors (Lipinski definition) is 1. The van der Waals surface area contributed by atoms with Gasteiger partial charge in [-0.2, -0.15) is 0 Å². The highest BCUT2D eigenvalue weighted by Gasteiger charge is 2.33. The van der Waals surface area contributed by atoms with E-state index in [4.69, 9.17) is 0 Å². The number of carbonyl (C=O) groups is 1. The normalized spacial score (nSPS) is 30.0. The molecule has 0 fully saturated rings. The first kappa shape index (κ1) is 8.98. The Kier molecular flexibility index (Phi) is 2.24. The molecule has 0 aromatic heterocycles. The third kappa shape index (κ3) is 1.73. The molecule has 1 aliphatic carbocycles. The van der Waals surface area contributed by atoms with Crippen molar-refractivity contribution in [3.05, 3.63) is 11.6 Å². The highest BCUT2D eigenvalue weighted by molar-refractivity contribution is 9.09. The first-order chi connectivity index (χ1) is 4.93. The summed E-state index contributed by atoms with van der Waals surface area (Å²) in [5.74, 6) is 0.253. The van der Waals surface area contributed by atoms with Crippen LogP contribution in [0.15, 0.2) is 11.6 Å². The topological polar surface area (TPSA) is 17.1 Å². The number of allylic oxidation sites excluding steroid dienone is 2. The second-order valence-electron chi connectivity index (χ2n) is 3.88. The minimum Gasteiger partial charge on any atom is -0.295 e. The molecular weight excluding hydrogens is 204 g/mol. The largest absolute Gasteiger partial charge is 0.295 e. The number of hydrogen-bond donors (Lipinski definition) is 0. The fraction of sp³-hybridized carbons (Fsp3) is 0.667. The lowest BCUT2D eigenvalue weighted by Gasteiger charge is -2.33. The number of ketones is 1. The van der Waals surface area contributed by atoms with Gasteiger partial charge >= 0.3 is 0 Å². The average Bonchev–Trinajstić information content (AvgIpc) is 1.81. The molecule has 0 amide bonds. The molecule has 0 N–H and O–H groups in total. The lowest BCUT2D eigenvalue weighted by molar-refractivity contribution is -0.116. The van der Waals surface area contributed by atoms with E-state index < -0.39 is 0 Å². The van der Waals surface area contributed by atoms with Crippen LogP contribution >= 0.6 is 15.9 Å². The standard InChI is InChI=1S/C9H13BrO/c1-6-4-7(11)5-9(2,3)8(6)10/h4,8H,5H2,1-3H3. The molecule has 1 aliphatic rings. The summed E-state index contributed by atoms with van der Waals surface area (Å²) in [4.78, 5) is 11.5. The molecule has 11 heavy (non-hydrogen) atoms. The van der Waals surface area contributed by atoms with Gasteiger partial charge in [0.05, 0.1) is 0 Å². The van der Waals surface area contributed by atoms with E-state index in [1.165, 1.54) is 0 Å². The highest BCUT2D eigenvalue weighted by atomic mass is 79.9. The zero-order valence-electron chi connectivity index (χ0n) is 7.15. The van der Waals surface area contributed by atoms with E-state index in [1.54, 1.807) is 6.08 Å². The first-order valence-corrected chi connectivity index (χ1v) is 4.70. The van der Waals surface area contributed by atoms with Gasteiger partial charge in [-0.3, -0.25) is 4.79 Å². The van der Waals surface area contributed by atoms with Crippen LogP contribution in [-0.4, -0.2) is 10.6 Å². The smallest absolute Gasteiger partial charge is 0.156 e. The van der Waals surface area contributed by atoms with Gasteiger partial charge in [-0.05, 0) is 18.4 Å². The van der Waals surface area contributed by atoms with Crippen molar-refractivity contribution in [3.63, 3.8) is 0 Å². The number of carbonyl (C=O) groups excluding carboxylic acids is 1. The van der Waals surface area contributed by atoms with E-state index in [0.717, 1.165) is 5.57 Å². The van der Waals surface area contributed by atoms with Crippen LogP contribution in [0.5, 0.6) is 0 Å². The number of alkyl halides is 1. The summed E-state index contributed by atoms with van der Waals surface area (Å²) >= 11 is 3.58. The Bertz CT molecular complexity index is 216. The highest BCUT2D eigenvalue weighted by Crippen LogP contribution is 2.38. The number of halogens is 1. The molecule has 2 heteroatoms. The average molecular weight is 217 g/mol. The Morgan fingerprint density at radius 1 is 1.64 bits per heavy atom. The lowest BCUT2D eigenvalue weighted by Crippen LogP contribution is -2.31. The molecule has 0 saturated heterocycles. The molecule has 0 saturated carbocycles. The van der Waals surface area contributed by atoms with Crippen molar-refractivity contribution >= 4 is 21.7 Å². The van der Waals surface area contributed by atoms with Crippen molar-refractivity contribution in [2.24, 2.45) is 5.41 Å². The van der Waals surface area contributed by atoms with Crippen molar-refractivity contribution in [2.45, 2.75) is 32.0 Å². The fourth-order valence-electron chi connectivity index (χ4n) is 1.53. The van der Waals surface area contributed by atoms with Crippen molar-refractivity contribution in [1.82, 2.24) is 0 Å². The van der Waals surface area contributed by atoms with Crippen LogP contribution in [0.1, 0.15) is 27.2 Å². The van der Waals surface area contributed by atoms with Gasteiger partial charge in [-0.15, -0.1) is 0 Å². The molecule has 0 heterocycles. The van der Waals surface area contributed by atoms with Gasteiger partial charge in [0, 0.05) is 11.2 Å². The van der Waals surface area contributed by atoms with Crippen molar-refractivity contribution in [1.29, 1.82) is 0 Å². The van der Waals surface area contributed by atoms with E-state index in [2.05, 4.69) is 29.8 Å². The van der Waals surface area contributed by atoms with Crippen LogP contribution in [0.3, 0.4) is 0 Å². The molecule has 0 aliphatic heterocycles. The van der Waals surface area contributed by atoms with Crippen LogP contribution in [0.25, 0.3) is 0 Å². The molecule has 1 unspecified atom stereocenters. The molecule has 0 radical (unpaired) electrons. The minimum atomic E-state index is 0.0793. The molecule has 0 aromatic rings. The van der Waals surface area contributed by atoms with Gasteiger partial charge in [-0.1, -0.05) is 35.4 Å². The van der Waals surface area contributed by atoms with Crippen molar-refractivity contribution in [2.75, 3.05) is 0 Å². The maximum absolute atomic E-state index is 11.1. The van der Waals surface area contributed by atoms with Gasteiger partial charge < -0.3 is 0 Å². The summed E-state index contributed by atoms with van der Waals surface area (Å²) in [7, 11) is 0. The SMILES string of the molecule is CC1=CC(=O)CC(C)(C)C1Br. The summed E-state index contributed by atoms with van der Waals surface area (Å²) in [6, 6.07) is 0. The molecule has 1 rings (SSSR count). The summed E-state index contributed by atoms with van der Waals surface area (Å²) in [6.45, 7) is 6.22. The second-order valence-corrected chi connectivity index (χ2v) is 4.80. The van der Waals surface area contributed by atoms with Gasteiger partial charge in [0.25, 0.3) is 0 Å². The van der Waals surface area contributed by atoms with Crippen LogP contribution in [0.2, 0.25) is 0 Å². The molecular formula is C9H13BrO. The molecule has 1 nitrogen and oxygen atoms in total. The zero-order chi connectivity index (χ0) is 8.65. The Morgan fingerprint density at radius 2 is 2.18 bits per heavy atom. The Balaban J connectivity index is 2.95. The minimum absolute atomic E-state index is 0.0793. The van der Waals surface area contributed by atoms with Crippen molar-refractivity contribution < 1.29 is 4.79 Å². The maximum atomic E-state index is 11.1. The summed E-state index contributed by atoms with van der Waals surface area (Å²) in [5, 5.41) is 0. The second kappa shape index (κ2) is 2.74. The van der Waals surface area contributed by atoms with Crippen LogP contribution < -0.4 is 0 Å². The maximum Gasteiger partial charge on any atom is 0.156 e. The monoisotopic (exact) mass is 216 g/mol. The van der Waals surface area contributed by atoms with Gasteiger partial charge in [0.2, 0.25) is 0 Å². The summed E-state index contributed by atoms with van der Waals surface area (Å²) in [5.41, 5.74) is 1.22. The van der Waals surface area contributed by atoms with Gasteiger partial charge in [-0.25, -0.2) is 0 Å². The van der Waals surface area contributed by atoms with Crippen LogP contribution in [0.4, 0.5) is 0 Å². The molecule has 0 spiro atoms. The van der Waals surface area contributed by atoms with E-state index in [1.807, 2.05) is 6.92 Å². The summed E-state index contributed by atoms with van der Waals surface area (Å²) < 4.78 is 0. The van der Waals surface area contributed by atoms with Crippen molar-refractivity contribution in [3.8, 4) is 0 Å². The quantitative estimate of drug-likeness (QED) is 0.570. The van der Waals surface area contributed by atoms with E-state index in [-0.39, 0.29) is 11.2 Å². The Hall–Kier alpha value is -0.110. The lowest BCUT2D eigenvalue weighted by atomic mass is 9.77. The fourth-order valence-corrected chi connectivity index (χ4v) is 1.83. The van der Waals surface area contributed by atoms with E-state index in [9.17, 15) is 4.79 Å². The molecule has 1 atom stereocenters. The number of rotatable bonds is 0. The first-order valence-electron chi connectivity index (χ1n) is 3.78. The summed E-state index contributed by atoms with van der Waals surface area (Å²) in [6.07, 6.45) is 2.39. The van der Waals surface area contributed by atoms with Gasteiger partial charge in [0.1, 0.15) is 0 Å². The zero-order valence-corrected chi connectivity index (χ0v) is 8.73. The Labute approximate surface area is 76.0 Å². The third-order valence-electron chi connectivity index (χ3n) is 2.10. The molecule has 62 valence electrons. The molecule has 0 bridgehead atoms. The molecule has 0 aromatic carbocycles. The predicted octanol–water partition coefficient (Wildman–Crippen LogP) is 2.70. The van der Waals surface area contributed by atoms with Crippen LogP contribution in [-0.2, 0) is 4.79 Å². The third-order valence-corrected chi connectivity index (χ3v) is 4.07. The van der Waals surface area contributed by atoms with E-state index >= 15 is 0 Å². The Morgan fingerprint density at radius 3 is 2.64 bits per heavy atom. The van der Waals surface area contributed by atoms with E-state index in [0.29, 0.717) is 11.2 Å². The predicted molar refractivity (Wildman–Crippen MR) is 49.9 cm³/mol. The van der Waals surface area contributed by atoms with Gasteiger partial charge in [0.15, 0.2) is 5.78 Å².